The first-order valence-electron chi connectivity index (χ1n) is 8.87. The number of carbonyl (C=O) groups excluding carboxylic acids is 2. The summed E-state index contributed by atoms with van der Waals surface area (Å²) in [6.45, 7) is 3.13. The van der Waals surface area contributed by atoms with Gasteiger partial charge in [0, 0.05) is 31.9 Å². The minimum absolute atomic E-state index is 0.0896. The number of nitrogens with zero attached hydrogens (tertiary/aromatic N) is 1. The van der Waals surface area contributed by atoms with Crippen LogP contribution in [-0.4, -0.2) is 48.2 Å². The molecule has 2 fully saturated rings. The minimum Gasteiger partial charge on any atom is -0.481 e. The Morgan fingerprint density at radius 1 is 1.27 bits per heavy atom. The van der Waals surface area contributed by atoms with Crippen LogP contribution in [0.3, 0.4) is 0 Å². The Balaban J connectivity index is 1.68. The lowest BCUT2D eigenvalue weighted by molar-refractivity contribution is -0.141. The van der Waals surface area contributed by atoms with E-state index in [1.807, 2.05) is 31.2 Å². The second-order valence-electron chi connectivity index (χ2n) is 7.19. The van der Waals surface area contributed by atoms with Crippen molar-refractivity contribution >= 4 is 23.5 Å². The lowest BCUT2D eigenvalue weighted by Gasteiger charge is -2.37. The van der Waals surface area contributed by atoms with Gasteiger partial charge in [-0.15, -0.1) is 0 Å². The van der Waals surface area contributed by atoms with Gasteiger partial charge in [0.05, 0.1) is 17.9 Å². The highest BCUT2D eigenvalue weighted by Crippen LogP contribution is 2.29. The molecule has 2 heterocycles. The number of ether oxygens (including phenoxy) is 1. The first-order valence-corrected chi connectivity index (χ1v) is 8.87. The van der Waals surface area contributed by atoms with Crippen molar-refractivity contribution in [1.29, 1.82) is 0 Å². The molecule has 2 aliphatic rings. The van der Waals surface area contributed by atoms with Crippen LogP contribution in [0.25, 0.3) is 0 Å². The van der Waals surface area contributed by atoms with Crippen LogP contribution in [0, 0.1) is 12.8 Å². The largest absolute Gasteiger partial charge is 0.481 e. The molecule has 0 aliphatic carbocycles. The monoisotopic (exact) mass is 360 g/mol. The lowest BCUT2D eigenvalue weighted by atomic mass is 9.85. The van der Waals surface area contributed by atoms with Crippen molar-refractivity contribution in [2.75, 3.05) is 24.7 Å². The summed E-state index contributed by atoms with van der Waals surface area (Å²) in [6, 6.07) is 7.61. The molecule has 1 unspecified atom stereocenters. The number of hydrogen-bond donors (Lipinski definition) is 2. The number of rotatable bonds is 5. The normalized spacial score (nSPS) is 22.3. The van der Waals surface area contributed by atoms with Crippen LogP contribution < -0.4 is 10.2 Å². The Morgan fingerprint density at radius 2 is 1.92 bits per heavy atom. The summed E-state index contributed by atoms with van der Waals surface area (Å²) in [5.41, 5.74) is 1.09. The van der Waals surface area contributed by atoms with Gasteiger partial charge in [0.1, 0.15) is 0 Å². The molecule has 7 heteroatoms. The van der Waals surface area contributed by atoms with Gasteiger partial charge in [0.25, 0.3) is 0 Å². The Kier molecular flexibility index (Phi) is 5.27. The summed E-state index contributed by atoms with van der Waals surface area (Å²) in [4.78, 5) is 38.0. The van der Waals surface area contributed by atoms with Gasteiger partial charge < -0.3 is 20.1 Å². The lowest BCUT2D eigenvalue weighted by Crippen LogP contribution is -2.54. The van der Waals surface area contributed by atoms with E-state index >= 15 is 0 Å². The predicted octanol–water partition coefficient (Wildman–Crippen LogP) is 1.49. The summed E-state index contributed by atoms with van der Waals surface area (Å²) >= 11 is 0. The highest BCUT2D eigenvalue weighted by molar-refractivity contribution is 6.00. The van der Waals surface area contributed by atoms with Crippen LogP contribution in [0.1, 0.15) is 31.2 Å². The van der Waals surface area contributed by atoms with E-state index in [0.717, 1.165) is 11.3 Å². The molecule has 1 atom stereocenters. The molecule has 0 spiro atoms. The van der Waals surface area contributed by atoms with E-state index < -0.39 is 17.4 Å². The molecule has 2 aliphatic heterocycles. The number of amides is 2. The summed E-state index contributed by atoms with van der Waals surface area (Å²) in [5.74, 6) is -1.77. The van der Waals surface area contributed by atoms with E-state index in [0.29, 0.717) is 32.6 Å². The number of carboxylic acid groups (broad SMARTS) is 1. The molecule has 2 amide bonds. The number of carboxylic acids is 1. The zero-order valence-electron chi connectivity index (χ0n) is 14.9. The van der Waals surface area contributed by atoms with E-state index in [-0.39, 0.29) is 24.7 Å². The van der Waals surface area contributed by atoms with Gasteiger partial charge in [-0.2, -0.15) is 0 Å². The molecule has 0 aromatic heterocycles. The van der Waals surface area contributed by atoms with E-state index in [1.165, 1.54) is 0 Å². The maximum atomic E-state index is 12.8. The number of hydrogen-bond acceptors (Lipinski definition) is 4. The van der Waals surface area contributed by atoms with Gasteiger partial charge in [-0.25, -0.2) is 0 Å². The first-order chi connectivity index (χ1) is 12.4. The van der Waals surface area contributed by atoms with Crippen LogP contribution >= 0.6 is 0 Å². The van der Waals surface area contributed by atoms with Crippen molar-refractivity contribution in [3.63, 3.8) is 0 Å². The van der Waals surface area contributed by atoms with Gasteiger partial charge in [-0.05, 0) is 31.9 Å². The number of aliphatic carboxylic acids is 1. The molecular weight excluding hydrogens is 336 g/mol. The quantitative estimate of drug-likeness (QED) is 0.829. The summed E-state index contributed by atoms with van der Waals surface area (Å²) < 4.78 is 5.31. The third kappa shape index (κ3) is 4.04. The van der Waals surface area contributed by atoms with E-state index in [4.69, 9.17) is 4.74 Å². The number of benzene rings is 1. The van der Waals surface area contributed by atoms with E-state index in [2.05, 4.69) is 5.32 Å². The maximum Gasteiger partial charge on any atom is 0.305 e. The minimum atomic E-state index is -0.948. The average molecular weight is 360 g/mol. The van der Waals surface area contributed by atoms with Gasteiger partial charge in [-0.3, -0.25) is 14.4 Å². The average Bonchev–Trinajstić information content (AvgIpc) is 2.97. The van der Waals surface area contributed by atoms with Gasteiger partial charge in [0.15, 0.2) is 0 Å². The van der Waals surface area contributed by atoms with Crippen LogP contribution in [0.2, 0.25) is 0 Å². The highest BCUT2D eigenvalue weighted by Gasteiger charge is 2.41. The van der Waals surface area contributed by atoms with Crippen molar-refractivity contribution in [3.05, 3.63) is 29.8 Å². The summed E-state index contributed by atoms with van der Waals surface area (Å²) in [6.07, 6.45) is 0.935. The molecule has 7 nitrogen and oxygen atoms in total. The SMILES string of the molecule is Cc1ccc(N2CC(C(=O)NC3(CC(=O)O)CCOCC3)CC2=O)cc1. The molecule has 26 heavy (non-hydrogen) atoms. The Bertz CT molecular complexity index is 694. The Labute approximate surface area is 152 Å². The molecule has 140 valence electrons. The zero-order chi connectivity index (χ0) is 18.7. The van der Waals surface area contributed by atoms with E-state index in [9.17, 15) is 19.5 Å². The maximum absolute atomic E-state index is 12.8. The smallest absolute Gasteiger partial charge is 0.305 e. The molecule has 0 bridgehead atoms. The molecule has 3 rings (SSSR count). The van der Waals surface area contributed by atoms with Crippen LogP contribution in [0.4, 0.5) is 5.69 Å². The van der Waals surface area contributed by atoms with Gasteiger partial charge in [0.2, 0.25) is 11.8 Å². The van der Waals surface area contributed by atoms with Crippen molar-refractivity contribution < 1.29 is 24.2 Å². The van der Waals surface area contributed by atoms with Crippen LogP contribution in [0.5, 0.6) is 0 Å². The van der Waals surface area contributed by atoms with E-state index in [1.54, 1.807) is 4.90 Å². The molecule has 2 N–H and O–H groups in total. The molecule has 0 saturated carbocycles. The van der Waals surface area contributed by atoms with Crippen LogP contribution in [0.15, 0.2) is 24.3 Å². The topological polar surface area (TPSA) is 95.9 Å². The third-order valence-electron chi connectivity index (χ3n) is 5.17. The highest BCUT2D eigenvalue weighted by atomic mass is 16.5. The fourth-order valence-corrected chi connectivity index (χ4v) is 3.62. The molecule has 0 radical (unpaired) electrons. The Hall–Kier alpha value is -2.41. The first kappa shape index (κ1) is 18.4. The number of carbonyl (C=O) groups is 3. The van der Waals surface area contributed by atoms with Crippen molar-refractivity contribution in [1.82, 2.24) is 5.32 Å². The van der Waals surface area contributed by atoms with Crippen molar-refractivity contribution in [2.45, 2.75) is 38.1 Å². The van der Waals surface area contributed by atoms with Crippen molar-refractivity contribution in [3.8, 4) is 0 Å². The fraction of sp³-hybridized carbons (Fsp3) is 0.526. The van der Waals surface area contributed by atoms with Gasteiger partial charge in [-0.1, -0.05) is 17.7 Å². The summed E-state index contributed by atoms with van der Waals surface area (Å²) in [7, 11) is 0. The number of nitrogens with one attached hydrogen (secondary N) is 1. The van der Waals surface area contributed by atoms with Gasteiger partial charge >= 0.3 is 5.97 Å². The second-order valence-corrected chi connectivity index (χ2v) is 7.19. The molecule has 1 aromatic carbocycles. The molecule has 2 saturated heterocycles. The number of anilines is 1. The second kappa shape index (κ2) is 7.45. The molecule has 1 aromatic rings. The van der Waals surface area contributed by atoms with Crippen molar-refractivity contribution in [2.24, 2.45) is 5.92 Å². The predicted molar refractivity (Wildman–Crippen MR) is 94.8 cm³/mol. The fourth-order valence-electron chi connectivity index (χ4n) is 3.62. The van der Waals surface area contributed by atoms with Crippen LogP contribution in [-0.2, 0) is 19.1 Å². The zero-order valence-corrected chi connectivity index (χ0v) is 14.9. The molecular formula is C19H24N2O5. The number of aryl methyl sites for hydroxylation is 1. The Morgan fingerprint density at radius 3 is 2.54 bits per heavy atom. The third-order valence-corrected chi connectivity index (χ3v) is 5.17. The standard InChI is InChI=1S/C19H24N2O5/c1-13-2-4-15(5-3-13)21-12-14(10-16(21)22)18(25)20-19(11-17(23)24)6-8-26-9-7-19/h2-5,14H,6-12H2,1H3,(H,20,25)(H,23,24). The summed E-state index contributed by atoms with van der Waals surface area (Å²) in [5, 5.41) is 12.1.